The second kappa shape index (κ2) is 8.97. The van der Waals surface area contributed by atoms with E-state index >= 15 is 0 Å². The van der Waals surface area contributed by atoms with Crippen LogP contribution in [0, 0.1) is 11.6 Å². The number of carbonyl (C=O) groups is 2. The summed E-state index contributed by atoms with van der Waals surface area (Å²) in [6, 6.07) is 7.78. The Hall–Kier alpha value is -2.38. The maximum atomic E-state index is 13.4. The molecule has 0 bridgehead atoms. The number of amides is 2. The number of halogens is 4. The largest absolute Gasteiger partial charge is 0.481 e. The van der Waals surface area contributed by atoms with Gasteiger partial charge in [0.05, 0.1) is 10.0 Å². The van der Waals surface area contributed by atoms with Gasteiger partial charge in [-0.1, -0.05) is 23.2 Å². The van der Waals surface area contributed by atoms with Crippen LogP contribution in [0.5, 0.6) is 5.75 Å². The highest BCUT2D eigenvalue weighted by atomic mass is 35.5. The summed E-state index contributed by atoms with van der Waals surface area (Å²) in [7, 11) is 0. The van der Waals surface area contributed by atoms with Gasteiger partial charge in [0.25, 0.3) is 11.8 Å². The smallest absolute Gasteiger partial charge is 0.263 e. The summed E-state index contributed by atoms with van der Waals surface area (Å²) in [4.78, 5) is 28.2. The minimum Gasteiger partial charge on any atom is -0.481 e. The predicted molar refractivity (Wildman–Crippen MR) is 105 cm³/mol. The fraction of sp³-hybridized carbons (Fsp3) is 0.300. The molecule has 0 spiro atoms. The lowest BCUT2D eigenvalue weighted by atomic mass is 10.1. The van der Waals surface area contributed by atoms with Gasteiger partial charge in [-0.3, -0.25) is 9.59 Å². The van der Waals surface area contributed by atoms with Crippen molar-refractivity contribution in [1.82, 2.24) is 9.80 Å². The quantitative estimate of drug-likeness (QED) is 0.718. The average Bonchev–Trinajstić information content (AvgIpc) is 2.71. The molecule has 0 aliphatic carbocycles. The van der Waals surface area contributed by atoms with E-state index in [1.807, 2.05) is 0 Å². The van der Waals surface area contributed by atoms with Crippen LogP contribution in [0.25, 0.3) is 0 Å². The summed E-state index contributed by atoms with van der Waals surface area (Å²) in [6.07, 6.45) is -0.749. The van der Waals surface area contributed by atoms with Gasteiger partial charge in [-0.2, -0.15) is 0 Å². The molecular weight excluding hydrogens is 425 g/mol. The molecule has 29 heavy (non-hydrogen) atoms. The highest BCUT2D eigenvalue weighted by molar-refractivity contribution is 6.42. The van der Waals surface area contributed by atoms with Gasteiger partial charge in [0, 0.05) is 37.8 Å². The SMILES string of the molecule is CC(Oc1ccc(Cl)c(Cl)c1)C(=O)N1CCN(C(=O)c2ccc(F)c(F)c2)CC1. The van der Waals surface area contributed by atoms with Crippen LogP contribution < -0.4 is 4.74 Å². The Kier molecular flexibility index (Phi) is 6.59. The Balaban J connectivity index is 1.56. The van der Waals surface area contributed by atoms with Gasteiger partial charge >= 0.3 is 0 Å². The molecule has 2 aromatic rings. The number of nitrogens with zero attached hydrogens (tertiary/aromatic N) is 2. The molecule has 0 radical (unpaired) electrons. The lowest BCUT2D eigenvalue weighted by Gasteiger charge is -2.36. The highest BCUT2D eigenvalue weighted by Crippen LogP contribution is 2.27. The molecule has 1 heterocycles. The summed E-state index contributed by atoms with van der Waals surface area (Å²) in [5.41, 5.74) is 0.0694. The van der Waals surface area contributed by atoms with Crippen molar-refractivity contribution < 1.29 is 23.1 Å². The van der Waals surface area contributed by atoms with Gasteiger partial charge < -0.3 is 14.5 Å². The minimum absolute atomic E-state index is 0.0694. The fourth-order valence-electron chi connectivity index (χ4n) is 3.00. The van der Waals surface area contributed by atoms with E-state index in [0.29, 0.717) is 28.9 Å². The van der Waals surface area contributed by atoms with E-state index in [1.165, 1.54) is 17.0 Å². The van der Waals surface area contributed by atoms with Gasteiger partial charge in [0.2, 0.25) is 0 Å². The number of rotatable bonds is 4. The first-order valence-corrected chi connectivity index (χ1v) is 9.66. The minimum atomic E-state index is -1.07. The van der Waals surface area contributed by atoms with Crippen molar-refractivity contribution >= 4 is 35.0 Å². The van der Waals surface area contributed by atoms with Crippen molar-refractivity contribution in [2.45, 2.75) is 13.0 Å². The zero-order valence-electron chi connectivity index (χ0n) is 15.5. The first-order valence-electron chi connectivity index (χ1n) is 8.91. The number of carbonyl (C=O) groups excluding carboxylic acids is 2. The van der Waals surface area contributed by atoms with E-state index in [1.54, 1.807) is 24.0 Å². The van der Waals surface area contributed by atoms with Gasteiger partial charge in [0.15, 0.2) is 17.7 Å². The summed E-state index contributed by atoms with van der Waals surface area (Å²) < 4.78 is 32.1. The molecular formula is C20H18Cl2F2N2O3. The molecule has 0 saturated carbocycles. The Labute approximate surface area is 176 Å². The predicted octanol–water partition coefficient (Wildman–Crippen LogP) is 4.02. The van der Waals surface area contributed by atoms with Crippen LogP contribution in [0.3, 0.4) is 0 Å². The van der Waals surface area contributed by atoms with E-state index in [4.69, 9.17) is 27.9 Å². The lowest BCUT2D eigenvalue weighted by Crippen LogP contribution is -2.53. The topological polar surface area (TPSA) is 49.9 Å². The summed E-state index contributed by atoms with van der Waals surface area (Å²) in [5, 5.41) is 0.716. The number of hydrogen-bond donors (Lipinski definition) is 0. The molecule has 1 unspecified atom stereocenters. The van der Waals surface area contributed by atoms with Gasteiger partial charge in [0.1, 0.15) is 5.75 Å². The fourth-order valence-corrected chi connectivity index (χ4v) is 3.29. The molecule has 9 heteroatoms. The average molecular weight is 443 g/mol. The van der Waals surface area contributed by atoms with Crippen molar-refractivity contribution in [3.63, 3.8) is 0 Å². The Morgan fingerprint density at radius 2 is 1.59 bits per heavy atom. The van der Waals surface area contributed by atoms with Crippen LogP contribution >= 0.6 is 23.2 Å². The second-order valence-corrected chi connectivity index (χ2v) is 7.40. The van der Waals surface area contributed by atoms with E-state index in [-0.39, 0.29) is 24.6 Å². The number of ether oxygens (including phenoxy) is 1. The van der Waals surface area contributed by atoms with Crippen LogP contribution in [-0.2, 0) is 4.79 Å². The molecule has 2 aromatic carbocycles. The normalized spacial score (nSPS) is 15.2. The number of piperazine rings is 1. The van der Waals surface area contributed by atoms with Crippen LogP contribution in [0.4, 0.5) is 8.78 Å². The Bertz CT molecular complexity index is 934. The molecule has 0 N–H and O–H groups in total. The first-order chi connectivity index (χ1) is 13.8. The molecule has 154 valence electrons. The molecule has 1 atom stereocenters. The van der Waals surface area contributed by atoms with Crippen LogP contribution in [0.2, 0.25) is 10.0 Å². The summed E-state index contributed by atoms with van der Waals surface area (Å²) in [5.74, 6) is -2.29. The van der Waals surface area contributed by atoms with Crippen molar-refractivity contribution in [3.8, 4) is 5.75 Å². The Morgan fingerprint density at radius 1 is 0.931 bits per heavy atom. The standard InChI is InChI=1S/C20H18Cl2F2N2O3/c1-12(29-14-3-4-15(21)16(22)11-14)19(27)25-6-8-26(9-7-25)20(28)13-2-5-17(23)18(24)10-13/h2-5,10-12H,6-9H2,1H3. The molecule has 1 saturated heterocycles. The van der Waals surface area contributed by atoms with E-state index in [2.05, 4.69) is 0 Å². The van der Waals surface area contributed by atoms with E-state index in [0.717, 1.165) is 12.1 Å². The van der Waals surface area contributed by atoms with Crippen molar-refractivity contribution in [1.29, 1.82) is 0 Å². The van der Waals surface area contributed by atoms with E-state index < -0.39 is 23.6 Å². The molecule has 2 amide bonds. The second-order valence-electron chi connectivity index (χ2n) is 6.58. The monoisotopic (exact) mass is 442 g/mol. The zero-order valence-corrected chi connectivity index (χ0v) is 17.0. The van der Waals surface area contributed by atoms with Crippen molar-refractivity contribution in [2.75, 3.05) is 26.2 Å². The first kappa shape index (κ1) is 21.3. The molecule has 1 fully saturated rings. The molecule has 3 rings (SSSR count). The third-order valence-electron chi connectivity index (χ3n) is 4.60. The third-order valence-corrected chi connectivity index (χ3v) is 5.34. The summed E-state index contributed by atoms with van der Waals surface area (Å²) >= 11 is 11.8. The number of benzene rings is 2. The third kappa shape index (κ3) is 4.97. The Morgan fingerprint density at radius 3 is 2.21 bits per heavy atom. The highest BCUT2D eigenvalue weighted by Gasteiger charge is 2.28. The number of hydrogen-bond acceptors (Lipinski definition) is 3. The molecule has 1 aliphatic heterocycles. The lowest BCUT2D eigenvalue weighted by molar-refractivity contribution is -0.139. The molecule has 1 aliphatic rings. The zero-order chi connectivity index (χ0) is 21.1. The van der Waals surface area contributed by atoms with Crippen LogP contribution in [0.1, 0.15) is 17.3 Å². The summed E-state index contributed by atoms with van der Waals surface area (Å²) in [6.45, 7) is 2.81. The maximum absolute atomic E-state index is 13.4. The van der Waals surface area contributed by atoms with Gasteiger partial charge in [-0.15, -0.1) is 0 Å². The maximum Gasteiger partial charge on any atom is 0.263 e. The molecule has 5 nitrogen and oxygen atoms in total. The van der Waals surface area contributed by atoms with Gasteiger partial charge in [-0.25, -0.2) is 8.78 Å². The van der Waals surface area contributed by atoms with Crippen molar-refractivity contribution in [2.24, 2.45) is 0 Å². The van der Waals surface area contributed by atoms with Crippen LogP contribution in [0.15, 0.2) is 36.4 Å². The molecule has 0 aromatic heterocycles. The van der Waals surface area contributed by atoms with Gasteiger partial charge in [-0.05, 0) is 37.3 Å². The van der Waals surface area contributed by atoms with Crippen LogP contribution in [-0.4, -0.2) is 53.9 Å². The van der Waals surface area contributed by atoms with Crippen molar-refractivity contribution in [3.05, 3.63) is 63.6 Å². The van der Waals surface area contributed by atoms with E-state index in [9.17, 15) is 18.4 Å².